The monoisotopic (exact) mass is 267 g/mol. The molecule has 5 N–H and O–H groups in total. The second kappa shape index (κ2) is 4.13. The number of carbonyl (C=O) groups excluding carboxylic acids is 1. The summed E-state index contributed by atoms with van der Waals surface area (Å²) in [5.41, 5.74) is 13.1. The van der Waals surface area contributed by atoms with Crippen LogP contribution in [0.5, 0.6) is 0 Å². The number of nitrogens with zero attached hydrogens (tertiary/aromatic N) is 1. The number of carbonyl (C=O) groups is 1. The van der Waals surface area contributed by atoms with Crippen molar-refractivity contribution in [3.63, 3.8) is 0 Å². The first-order chi connectivity index (χ1) is 8.58. The lowest BCUT2D eigenvalue weighted by Gasteiger charge is -2.17. The SMILES string of the molecule is NC(=O)c1sc(N2CCC(O)C2)c(C2CC2)c1N. The minimum absolute atomic E-state index is 0.280. The first-order valence-electron chi connectivity index (χ1n) is 6.23. The number of primary amides is 1. The Bertz CT molecular complexity index is 496. The van der Waals surface area contributed by atoms with Crippen LogP contribution in [0.15, 0.2) is 0 Å². The fourth-order valence-corrected chi connectivity index (χ4v) is 3.75. The zero-order valence-corrected chi connectivity index (χ0v) is 10.9. The van der Waals surface area contributed by atoms with E-state index in [1.807, 2.05) is 0 Å². The summed E-state index contributed by atoms with van der Waals surface area (Å²) in [6.07, 6.45) is 2.75. The summed E-state index contributed by atoms with van der Waals surface area (Å²) in [6, 6.07) is 0. The van der Waals surface area contributed by atoms with Crippen LogP contribution in [0.25, 0.3) is 0 Å². The Labute approximate surface area is 109 Å². The van der Waals surface area contributed by atoms with Gasteiger partial charge in [-0.25, -0.2) is 0 Å². The number of nitrogen functional groups attached to an aromatic ring is 1. The molecule has 18 heavy (non-hydrogen) atoms. The molecular formula is C12H17N3O2S. The number of β-amino-alcohol motifs (C(OH)–C–C–N with tert-alkyl or cyclic N) is 1. The minimum Gasteiger partial charge on any atom is -0.397 e. The molecule has 1 saturated carbocycles. The van der Waals surface area contributed by atoms with E-state index in [2.05, 4.69) is 4.90 Å². The number of hydrogen-bond donors (Lipinski definition) is 3. The molecule has 2 fully saturated rings. The molecule has 1 aromatic rings. The van der Waals surface area contributed by atoms with Crippen LogP contribution in [0.2, 0.25) is 0 Å². The molecule has 0 spiro atoms. The number of thiophene rings is 1. The molecule has 0 radical (unpaired) electrons. The maximum absolute atomic E-state index is 11.4. The van der Waals surface area contributed by atoms with E-state index in [-0.39, 0.29) is 6.10 Å². The van der Waals surface area contributed by atoms with Crippen molar-refractivity contribution in [2.24, 2.45) is 5.73 Å². The van der Waals surface area contributed by atoms with E-state index in [9.17, 15) is 9.90 Å². The van der Waals surface area contributed by atoms with Gasteiger partial charge in [-0.1, -0.05) is 0 Å². The van der Waals surface area contributed by atoms with Gasteiger partial charge < -0.3 is 21.5 Å². The first-order valence-corrected chi connectivity index (χ1v) is 7.04. The summed E-state index contributed by atoms with van der Waals surface area (Å²) < 4.78 is 0. The predicted octanol–water partition coefficient (Wildman–Crippen LogP) is 0.878. The van der Waals surface area contributed by atoms with Crippen LogP contribution in [0.3, 0.4) is 0 Å². The number of aliphatic hydroxyl groups is 1. The summed E-state index contributed by atoms with van der Waals surface area (Å²) in [5.74, 6) is 0.0208. The van der Waals surface area contributed by atoms with E-state index in [1.165, 1.54) is 11.3 Å². The lowest BCUT2D eigenvalue weighted by Crippen LogP contribution is -2.21. The highest BCUT2D eigenvalue weighted by Gasteiger charge is 2.35. The van der Waals surface area contributed by atoms with Crippen molar-refractivity contribution in [3.05, 3.63) is 10.4 Å². The van der Waals surface area contributed by atoms with Crippen LogP contribution in [0, 0.1) is 0 Å². The first kappa shape index (κ1) is 11.8. The molecule has 1 amide bonds. The number of amides is 1. The molecular weight excluding hydrogens is 250 g/mol. The Morgan fingerprint density at radius 3 is 2.61 bits per heavy atom. The molecule has 0 aromatic carbocycles. The van der Waals surface area contributed by atoms with E-state index >= 15 is 0 Å². The van der Waals surface area contributed by atoms with Gasteiger partial charge in [-0.3, -0.25) is 4.79 Å². The number of aliphatic hydroxyl groups excluding tert-OH is 1. The Morgan fingerprint density at radius 2 is 2.11 bits per heavy atom. The summed E-state index contributed by atoms with van der Waals surface area (Å²) >= 11 is 1.38. The highest BCUT2D eigenvalue weighted by molar-refractivity contribution is 7.18. The van der Waals surface area contributed by atoms with Crippen molar-refractivity contribution in [1.82, 2.24) is 0 Å². The predicted molar refractivity (Wildman–Crippen MR) is 72.1 cm³/mol. The van der Waals surface area contributed by atoms with Crippen LogP contribution in [0.4, 0.5) is 10.7 Å². The Morgan fingerprint density at radius 1 is 1.39 bits per heavy atom. The fourth-order valence-electron chi connectivity index (χ4n) is 2.55. The van der Waals surface area contributed by atoms with Crippen molar-refractivity contribution >= 4 is 27.9 Å². The van der Waals surface area contributed by atoms with E-state index in [0.717, 1.165) is 36.4 Å². The molecule has 98 valence electrons. The van der Waals surface area contributed by atoms with Crippen molar-refractivity contribution in [1.29, 1.82) is 0 Å². The molecule has 3 rings (SSSR count). The van der Waals surface area contributed by atoms with Gasteiger partial charge in [-0.2, -0.15) is 0 Å². The average molecular weight is 267 g/mol. The Kier molecular flexibility index (Phi) is 2.71. The van der Waals surface area contributed by atoms with Crippen molar-refractivity contribution in [3.8, 4) is 0 Å². The average Bonchev–Trinajstić information content (AvgIpc) is 2.95. The molecule has 1 saturated heterocycles. The molecule has 1 atom stereocenters. The van der Waals surface area contributed by atoms with Crippen LogP contribution < -0.4 is 16.4 Å². The Balaban J connectivity index is 2.01. The van der Waals surface area contributed by atoms with Crippen molar-refractivity contribution in [2.45, 2.75) is 31.3 Å². The van der Waals surface area contributed by atoms with E-state index in [0.29, 0.717) is 23.0 Å². The van der Waals surface area contributed by atoms with Gasteiger partial charge >= 0.3 is 0 Å². The molecule has 5 nitrogen and oxygen atoms in total. The van der Waals surface area contributed by atoms with Crippen LogP contribution >= 0.6 is 11.3 Å². The molecule has 1 aliphatic carbocycles. The minimum atomic E-state index is -0.453. The molecule has 1 unspecified atom stereocenters. The zero-order chi connectivity index (χ0) is 12.9. The third-order valence-corrected chi connectivity index (χ3v) is 4.92. The zero-order valence-electron chi connectivity index (χ0n) is 10.1. The molecule has 2 heterocycles. The maximum atomic E-state index is 11.4. The van der Waals surface area contributed by atoms with E-state index in [1.54, 1.807) is 0 Å². The number of anilines is 2. The third kappa shape index (κ3) is 1.85. The second-order valence-corrected chi connectivity index (χ2v) is 6.09. The highest BCUT2D eigenvalue weighted by atomic mass is 32.1. The standard InChI is InChI=1S/C12H17N3O2S/c13-9-8(6-1-2-6)12(18-10(9)11(14)17)15-4-3-7(16)5-15/h6-7,16H,1-5,13H2,(H2,14,17). The van der Waals surface area contributed by atoms with Gasteiger partial charge in [0, 0.05) is 18.7 Å². The van der Waals surface area contributed by atoms with Crippen molar-refractivity contribution < 1.29 is 9.90 Å². The smallest absolute Gasteiger partial charge is 0.260 e. The molecule has 6 heteroatoms. The number of rotatable bonds is 3. The fraction of sp³-hybridized carbons (Fsp3) is 0.583. The van der Waals surface area contributed by atoms with Crippen LogP contribution in [-0.2, 0) is 0 Å². The summed E-state index contributed by atoms with van der Waals surface area (Å²) in [7, 11) is 0. The summed E-state index contributed by atoms with van der Waals surface area (Å²) in [5, 5.41) is 10.7. The van der Waals surface area contributed by atoms with Gasteiger partial charge in [0.1, 0.15) is 4.88 Å². The normalized spacial score (nSPS) is 23.6. The number of nitrogens with two attached hydrogens (primary N) is 2. The lowest BCUT2D eigenvalue weighted by atomic mass is 10.1. The second-order valence-electron chi connectivity index (χ2n) is 5.09. The van der Waals surface area contributed by atoms with Gasteiger partial charge in [0.15, 0.2) is 0 Å². The van der Waals surface area contributed by atoms with Gasteiger partial charge in [-0.05, 0) is 25.2 Å². The van der Waals surface area contributed by atoms with Gasteiger partial charge in [0.05, 0.1) is 16.8 Å². The highest BCUT2D eigenvalue weighted by Crippen LogP contribution is 2.52. The number of hydrogen-bond acceptors (Lipinski definition) is 5. The molecule has 1 aromatic heterocycles. The Hall–Kier alpha value is -1.27. The maximum Gasteiger partial charge on any atom is 0.260 e. The topological polar surface area (TPSA) is 92.6 Å². The summed E-state index contributed by atoms with van der Waals surface area (Å²) in [6.45, 7) is 1.44. The quantitative estimate of drug-likeness (QED) is 0.758. The van der Waals surface area contributed by atoms with E-state index in [4.69, 9.17) is 11.5 Å². The molecule has 2 aliphatic rings. The van der Waals surface area contributed by atoms with E-state index < -0.39 is 5.91 Å². The van der Waals surface area contributed by atoms with Crippen LogP contribution in [0.1, 0.15) is 40.4 Å². The van der Waals surface area contributed by atoms with Gasteiger partial charge in [0.25, 0.3) is 5.91 Å². The largest absolute Gasteiger partial charge is 0.397 e. The molecule has 1 aliphatic heterocycles. The van der Waals surface area contributed by atoms with Gasteiger partial charge in [0.2, 0.25) is 0 Å². The van der Waals surface area contributed by atoms with Gasteiger partial charge in [-0.15, -0.1) is 11.3 Å². The third-order valence-electron chi connectivity index (χ3n) is 3.62. The lowest BCUT2D eigenvalue weighted by molar-refractivity contribution is 0.100. The molecule has 0 bridgehead atoms. The summed E-state index contributed by atoms with van der Waals surface area (Å²) in [4.78, 5) is 14.0. The van der Waals surface area contributed by atoms with Crippen LogP contribution in [-0.4, -0.2) is 30.2 Å². The van der Waals surface area contributed by atoms with Crippen molar-refractivity contribution in [2.75, 3.05) is 23.7 Å².